The lowest BCUT2D eigenvalue weighted by molar-refractivity contribution is -0.143. The Bertz CT molecular complexity index is 725. The lowest BCUT2D eigenvalue weighted by atomic mass is 9.84. The Morgan fingerprint density at radius 2 is 2.00 bits per heavy atom. The fraction of sp³-hybridized carbons (Fsp3) is 0.375. The molecule has 2 aromatic rings. The smallest absolute Gasteiger partial charge is 0.308 e. The molecule has 1 amide bonds. The summed E-state index contributed by atoms with van der Waals surface area (Å²) in [5, 5.41) is 13.1. The molecule has 1 aromatic carbocycles. The number of carboxylic acids is 1. The number of hydrogen-bond donors (Lipinski definition) is 3. The third-order valence-corrected chi connectivity index (χ3v) is 4.72. The van der Waals surface area contributed by atoms with Gasteiger partial charge in [0.25, 0.3) is 5.91 Å². The van der Waals surface area contributed by atoms with E-state index in [-0.39, 0.29) is 11.9 Å². The number of fused-ring (bicyclic) bond motifs is 1. The number of aromatic nitrogens is 1. The summed E-state index contributed by atoms with van der Waals surface area (Å²) in [7, 11) is 0. The summed E-state index contributed by atoms with van der Waals surface area (Å²) in [6.45, 7) is 0. The van der Waals surface area contributed by atoms with Crippen LogP contribution in [0.15, 0.2) is 28.7 Å². The predicted molar refractivity (Wildman–Crippen MR) is 86.8 cm³/mol. The van der Waals surface area contributed by atoms with Gasteiger partial charge in [-0.15, -0.1) is 0 Å². The van der Waals surface area contributed by atoms with E-state index >= 15 is 0 Å². The van der Waals surface area contributed by atoms with Crippen LogP contribution in [-0.2, 0) is 4.79 Å². The highest BCUT2D eigenvalue weighted by Gasteiger charge is 2.32. The van der Waals surface area contributed by atoms with Gasteiger partial charge in [0.1, 0.15) is 5.69 Å². The molecule has 1 saturated carbocycles. The van der Waals surface area contributed by atoms with Crippen LogP contribution in [0.2, 0.25) is 0 Å². The molecule has 1 aliphatic carbocycles. The van der Waals surface area contributed by atoms with Gasteiger partial charge < -0.3 is 15.4 Å². The van der Waals surface area contributed by atoms with E-state index in [1.807, 2.05) is 18.2 Å². The minimum atomic E-state index is -0.828. The molecule has 1 heterocycles. The Morgan fingerprint density at radius 3 is 2.77 bits per heavy atom. The summed E-state index contributed by atoms with van der Waals surface area (Å²) in [5.74, 6) is -1.56. The molecular formula is C16H17BrN2O3. The second-order valence-electron chi connectivity index (χ2n) is 5.72. The number of hydrogen-bond acceptors (Lipinski definition) is 2. The molecule has 1 fully saturated rings. The molecule has 1 aromatic heterocycles. The van der Waals surface area contributed by atoms with Gasteiger partial charge >= 0.3 is 5.97 Å². The van der Waals surface area contributed by atoms with Gasteiger partial charge in [0, 0.05) is 21.4 Å². The van der Waals surface area contributed by atoms with E-state index in [9.17, 15) is 14.7 Å². The van der Waals surface area contributed by atoms with Gasteiger partial charge in [-0.05, 0) is 37.1 Å². The van der Waals surface area contributed by atoms with Crippen molar-refractivity contribution in [3.05, 3.63) is 34.4 Å². The second kappa shape index (κ2) is 6.12. The minimum Gasteiger partial charge on any atom is -0.481 e. The number of carboxylic acid groups (broad SMARTS) is 1. The van der Waals surface area contributed by atoms with E-state index in [0.29, 0.717) is 18.5 Å². The molecule has 0 radical (unpaired) electrons. The number of nitrogens with one attached hydrogen (secondary N) is 2. The van der Waals surface area contributed by atoms with Crippen LogP contribution >= 0.6 is 15.9 Å². The lowest BCUT2D eigenvalue weighted by Gasteiger charge is -2.29. The van der Waals surface area contributed by atoms with Gasteiger partial charge in [-0.3, -0.25) is 9.59 Å². The van der Waals surface area contributed by atoms with Gasteiger partial charge in [-0.25, -0.2) is 0 Å². The Labute approximate surface area is 136 Å². The van der Waals surface area contributed by atoms with Crippen molar-refractivity contribution in [3.63, 3.8) is 0 Å². The van der Waals surface area contributed by atoms with E-state index in [4.69, 9.17) is 0 Å². The fourth-order valence-corrected chi connectivity index (χ4v) is 3.45. The molecule has 116 valence electrons. The predicted octanol–water partition coefficient (Wildman–Crippen LogP) is 3.30. The summed E-state index contributed by atoms with van der Waals surface area (Å²) in [6, 6.07) is 7.23. The normalized spacial score (nSPS) is 21.7. The highest BCUT2D eigenvalue weighted by Crippen LogP contribution is 2.25. The van der Waals surface area contributed by atoms with E-state index in [1.54, 1.807) is 6.07 Å². The van der Waals surface area contributed by atoms with Gasteiger partial charge in [-0.1, -0.05) is 28.8 Å². The first kappa shape index (κ1) is 15.1. The zero-order valence-corrected chi connectivity index (χ0v) is 13.5. The number of benzene rings is 1. The zero-order valence-electron chi connectivity index (χ0n) is 11.9. The van der Waals surface area contributed by atoms with Gasteiger partial charge in [0.05, 0.1) is 5.92 Å². The number of halogens is 1. The number of carbonyl (C=O) groups is 2. The van der Waals surface area contributed by atoms with E-state index in [0.717, 1.165) is 28.2 Å². The molecule has 0 spiro atoms. The monoisotopic (exact) mass is 364 g/mol. The number of aliphatic carboxylic acids is 1. The minimum absolute atomic E-state index is 0.245. The van der Waals surface area contributed by atoms with Crippen molar-refractivity contribution in [1.82, 2.24) is 10.3 Å². The molecule has 1 aliphatic rings. The Balaban J connectivity index is 1.78. The van der Waals surface area contributed by atoms with Crippen molar-refractivity contribution in [1.29, 1.82) is 0 Å². The van der Waals surface area contributed by atoms with E-state index < -0.39 is 11.9 Å². The molecule has 5 nitrogen and oxygen atoms in total. The summed E-state index contributed by atoms with van der Waals surface area (Å²) in [4.78, 5) is 26.8. The number of rotatable bonds is 3. The molecule has 0 bridgehead atoms. The highest BCUT2D eigenvalue weighted by molar-refractivity contribution is 9.10. The molecule has 2 atom stereocenters. The number of H-pyrrole nitrogens is 1. The van der Waals surface area contributed by atoms with Crippen molar-refractivity contribution in [2.45, 2.75) is 31.7 Å². The average molecular weight is 365 g/mol. The van der Waals surface area contributed by atoms with Crippen molar-refractivity contribution in [3.8, 4) is 0 Å². The van der Waals surface area contributed by atoms with E-state index in [1.165, 1.54) is 0 Å². The van der Waals surface area contributed by atoms with E-state index in [2.05, 4.69) is 26.2 Å². The fourth-order valence-electron chi connectivity index (χ4n) is 3.07. The van der Waals surface area contributed by atoms with Crippen molar-refractivity contribution in [2.75, 3.05) is 0 Å². The van der Waals surface area contributed by atoms with Crippen LogP contribution in [0.1, 0.15) is 36.2 Å². The van der Waals surface area contributed by atoms with Crippen LogP contribution in [-0.4, -0.2) is 28.0 Å². The molecule has 0 unspecified atom stereocenters. The first-order valence-corrected chi connectivity index (χ1v) is 8.16. The van der Waals surface area contributed by atoms with Crippen molar-refractivity contribution in [2.24, 2.45) is 5.92 Å². The highest BCUT2D eigenvalue weighted by atomic mass is 79.9. The number of carbonyl (C=O) groups excluding carboxylic acids is 1. The van der Waals surface area contributed by atoms with Crippen LogP contribution in [0.5, 0.6) is 0 Å². The quantitative estimate of drug-likeness (QED) is 0.781. The summed E-state index contributed by atoms with van der Waals surface area (Å²) in [5.41, 5.74) is 1.34. The number of amides is 1. The standard InChI is InChI=1S/C16H17BrN2O3/c17-10-5-6-12-9(7-10)8-14(18-12)15(20)19-13-4-2-1-3-11(13)16(21)22/h5-8,11,13,18H,1-4H2,(H,19,20)(H,21,22)/t11-,13+/m1/s1. The lowest BCUT2D eigenvalue weighted by Crippen LogP contribution is -2.45. The molecule has 6 heteroatoms. The molecule has 3 N–H and O–H groups in total. The average Bonchev–Trinajstić information content (AvgIpc) is 2.90. The van der Waals surface area contributed by atoms with Crippen LogP contribution < -0.4 is 5.32 Å². The Kier molecular flexibility index (Phi) is 4.20. The topological polar surface area (TPSA) is 82.2 Å². The summed E-state index contributed by atoms with van der Waals surface area (Å²) < 4.78 is 0.948. The van der Waals surface area contributed by atoms with Gasteiger partial charge in [0.15, 0.2) is 0 Å². The largest absolute Gasteiger partial charge is 0.481 e. The first-order valence-electron chi connectivity index (χ1n) is 7.36. The molecule has 3 rings (SSSR count). The molecule has 0 aliphatic heterocycles. The zero-order chi connectivity index (χ0) is 15.7. The maximum atomic E-state index is 12.4. The number of aromatic amines is 1. The first-order chi connectivity index (χ1) is 10.5. The van der Waals surface area contributed by atoms with Crippen molar-refractivity contribution >= 4 is 38.7 Å². The third kappa shape index (κ3) is 3.02. The summed E-state index contributed by atoms with van der Waals surface area (Å²) in [6.07, 6.45) is 3.20. The van der Waals surface area contributed by atoms with Crippen LogP contribution in [0.3, 0.4) is 0 Å². The summed E-state index contributed by atoms with van der Waals surface area (Å²) >= 11 is 3.40. The van der Waals surface area contributed by atoms with Crippen LogP contribution in [0, 0.1) is 5.92 Å². The molecular weight excluding hydrogens is 348 g/mol. The molecule has 0 saturated heterocycles. The van der Waals surface area contributed by atoms with Crippen LogP contribution in [0.25, 0.3) is 10.9 Å². The van der Waals surface area contributed by atoms with Crippen molar-refractivity contribution < 1.29 is 14.7 Å². The third-order valence-electron chi connectivity index (χ3n) is 4.23. The maximum Gasteiger partial charge on any atom is 0.308 e. The Hall–Kier alpha value is -1.82. The Morgan fingerprint density at radius 1 is 1.23 bits per heavy atom. The maximum absolute atomic E-state index is 12.4. The van der Waals surface area contributed by atoms with Crippen LogP contribution in [0.4, 0.5) is 0 Å². The SMILES string of the molecule is O=C(N[C@H]1CCCC[C@H]1C(=O)O)c1cc2cc(Br)ccc2[nH]1. The van der Waals surface area contributed by atoms with Gasteiger partial charge in [-0.2, -0.15) is 0 Å². The second-order valence-corrected chi connectivity index (χ2v) is 6.64. The van der Waals surface area contributed by atoms with Gasteiger partial charge in [0.2, 0.25) is 0 Å². The molecule has 22 heavy (non-hydrogen) atoms.